The summed E-state index contributed by atoms with van der Waals surface area (Å²) in [4.78, 5) is 19.3. The number of hydrogen-bond donors (Lipinski definition) is 2. The van der Waals surface area contributed by atoms with Gasteiger partial charge in [0.1, 0.15) is 17.0 Å². The highest BCUT2D eigenvalue weighted by atomic mass is 32.1. The van der Waals surface area contributed by atoms with Gasteiger partial charge in [0.05, 0.1) is 16.4 Å². The highest BCUT2D eigenvalue weighted by molar-refractivity contribution is 7.16. The van der Waals surface area contributed by atoms with Crippen molar-refractivity contribution in [2.24, 2.45) is 0 Å². The van der Waals surface area contributed by atoms with E-state index in [1.165, 1.54) is 29.8 Å². The maximum Gasteiger partial charge on any atom is 0.269 e. The minimum absolute atomic E-state index is 0.000286. The standard InChI is InChI=1S/C14H12N4O3S/c19-12(9-1-3-10(4-2-9)18(20)21)7-15-13-11-5-6-22-14(11)17-8-16-13/h1-6,8,12,19H,7H2,(H,15,16,17)/t12-/m0/s1. The maximum atomic E-state index is 10.6. The first-order valence-corrected chi connectivity index (χ1v) is 7.37. The molecule has 3 aromatic rings. The van der Waals surface area contributed by atoms with Crippen molar-refractivity contribution < 1.29 is 10.0 Å². The van der Waals surface area contributed by atoms with Gasteiger partial charge in [-0.05, 0) is 29.1 Å². The van der Waals surface area contributed by atoms with Gasteiger partial charge in [-0.25, -0.2) is 9.97 Å². The molecule has 22 heavy (non-hydrogen) atoms. The number of rotatable bonds is 5. The molecule has 2 N–H and O–H groups in total. The van der Waals surface area contributed by atoms with Gasteiger partial charge in [0, 0.05) is 18.7 Å². The number of non-ortho nitro benzene ring substituents is 1. The number of benzene rings is 1. The van der Waals surface area contributed by atoms with E-state index in [9.17, 15) is 15.2 Å². The van der Waals surface area contributed by atoms with E-state index >= 15 is 0 Å². The third kappa shape index (κ3) is 2.87. The van der Waals surface area contributed by atoms with Crippen molar-refractivity contribution >= 4 is 33.1 Å². The Hall–Kier alpha value is -2.58. The van der Waals surface area contributed by atoms with Crippen LogP contribution >= 0.6 is 11.3 Å². The first-order chi connectivity index (χ1) is 10.6. The van der Waals surface area contributed by atoms with Gasteiger partial charge < -0.3 is 10.4 Å². The van der Waals surface area contributed by atoms with E-state index in [1.807, 2.05) is 11.4 Å². The molecular weight excluding hydrogens is 304 g/mol. The van der Waals surface area contributed by atoms with Crippen LogP contribution < -0.4 is 5.32 Å². The highest BCUT2D eigenvalue weighted by Gasteiger charge is 2.12. The van der Waals surface area contributed by atoms with Crippen LogP contribution in [-0.4, -0.2) is 26.5 Å². The van der Waals surface area contributed by atoms with Gasteiger partial charge in [-0.1, -0.05) is 0 Å². The number of nitro benzene ring substituents is 1. The van der Waals surface area contributed by atoms with E-state index in [1.54, 1.807) is 12.1 Å². The van der Waals surface area contributed by atoms with E-state index in [-0.39, 0.29) is 12.2 Å². The summed E-state index contributed by atoms with van der Waals surface area (Å²) in [5.41, 5.74) is 0.605. The SMILES string of the molecule is O=[N+]([O-])c1ccc([C@@H](O)CNc2ncnc3sccc23)cc1. The number of aliphatic hydroxyl groups is 1. The van der Waals surface area contributed by atoms with E-state index in [2.05, 4.69) is 15.3 Å². The average molecular weight is 316 g/mol. The minimum atomic E-state index is -0.788. The number of fused-ring (bicyclic) bond motifs is 1. The van der Waals surface area contributed by atoms with Crippen LogP contribution in [-0.2, 0) is 0 Å². The molecule has 0 saturated heterocycles. The average Bonchev–Trinajstić information content (AvgIpc) is 3.01. The quantitative estimate of drug-likeness (QED) is 0.554. The lowest BCUT2D eigenvalue weighted by Gasteiger charge is -2.13. The first-order valence-electron chi connectivity index (χ1n) is 6.49. The fourth-order valence-electron chi connectivity index (χ4n) is 2.06. The van der Waals surface area contributed by atoms with Crippen LogP contribution in [0.15, 0.2) is 42.0 Å². The maximum absolute atomic E-state index is 10.6. The number of hydrogen-bond acceptors (Lipinski definition) is 7. The number of nitrogens with zero attached hydrogens (tertiary/aromatic N) is 3. The van der Waals surface area contributed by atoms with E-state index < -0.39 is 11.0 Å². The molecule has 0 aliphatic carbocycles. The Labute approximate surface area is 129 Å². The number of nitrogens with one attached hydrogen (secondary N) is 1. The summed E-state index contributed by atoms with van der Waals surface area (Å²) < 4.78 is 0. The number of nitro groups is 1. The number of aromatic nitrogens is 2. The molecule has 0 spiro atoms. The third-order valence-corrected chi connectivity index (χ3v) is 4.03. The Morgan fingerprint density at radius 2 is 2.05 bits per heavy atom. The van der Waals surface area contributed by atoms with E-state index in [0.717, 1.165) is 10.2 Å². The Kier molecular flexibility index (Phi) is 3.94. The van der Waals surface area contributed by atoms with Crippen LogP contribution in [0.1, 0.15) is 11.7 Å². The third-order valence-electron chi connectivity index (χ3n) is 3.21. The molecule has 0 fully saturated rings. The second-order valence-electron chi connectivity index (χ2n) is 4.61. The molecule has 8 heteroatoms. The molecule has 2 heterocycles. The van der Waals surface area contributed by atoms with Crippen molar-refractivity contribution in [3.05, 3.63) is 57.7 Å². The van der Waals surface area contributed by atoms with Gasteiger partial charge in [-0.3, -0.25) is 10.1 Å². The molecule has 7 nitrogen and oxygen atoms in total. The predicted molar refractivity (Wildman–Crippen MR) is 84.0 cm³/mol. The van der Waals surface area contributed by atoms with Crippen LogP contribution in [0.5, 0.6) is 0 Å². The van der Waals surface area contributed by atoms with Crippen molar-refractivity contribution in [3.63, 3.8) is 0 Å². The monoisotopic (exact) mass is 316 g/mol. The largest absolute Gasteiger partial charge is 0.387 e. The smallest absolute Gasteiger partial charge is 0.269 e. The Morgan fingerprint density at radius 1 is 1.27 bits per heavy atom. The van der Waals surface area contributed by atoms with E-state index in [4.69, 9.17) is 0 Å². The zero-order valence-electron chi connectivity index (χ0n) is 11.3. The molecule has 2 aromatic heterocycles. The summed E-state index contributed by atoms with van der Waals surface area (Å²) in [6, 6.07) is 7.76. The molecule has 1 aromatic carbocycles. The molecule has 0 unspecified atom stereocenters. The minimum Gasteiger partial charge on any atom is -0.387 e. The molecule has 0 amide bonds. The summed E-state index contributed by atoms with van der Waals surface area (Å²) in [5, 5.41) is 26.7. The van der Waals surface area contributed by atoms with Crippen LogP contribution in [0.3, 0.4) is 0 Å². The Balaban J connectivity index is 1.70. The molecule has 0 aliphatic heterocycles. The van der Waals surface area contributed by atoms with Gasteiger partial charge in [0.25, 0.3) is 5.69 Å². The van der Waals surface area contributed by atoms with Crippen molar-refractivity contribution in [1.29, 1.82) is 0 Å². The lowest BCUT2D eigenvalue weighted by Crippen LogP contribution is -2.13. The molecule has 0 saturated carbocycles. The summed E-state index contributed by atoms with van der Waals surface area (Å²) in [6.07, 6.45) is 0.684. The summed E-state index contributed by atoms with van der Waals surface area (Å²) in [6.45, 7) is 0.250. The number of anilines is 1. The molecule has 0 bridgehead atoms. The molecule has 112 valence electrons. The fraction of sp³-hybridized carbons (Fsp3) is 0.143. The van der Waals surface area contributed by atoms with Gasteiger partial charge >= 0.3 is 0 Å². The van der Waals surface area contributed by atoms with Gasteiger partial charge in [0.15, 0.2) is 0 Å². The zero-order chi connectivity index (χ0) is 15.5. The fourth-order valence-corrected chi connectivity index (χ4v) is 2.79. The first kappa shape index (κ1) is 14.4. The van der Waals surface area contributed by atoms with Crippen LogP contribution in [0.25, 0.3) is 10.2 Å². The second-order valence-corrected chi connectivity index (χ2v) is 5.50. The van der Waals surface area contributed by atoms with E-state index in [0.29, 0.717) is 11.4 Å². The van der Waals surface area contributed by atoms with Crippen molar-refractivity contribution in [1.82, 2.24) is 9.97 Å². The molecular formula is C14H12N4O3S. The second kappa shape index (κ2) is 6.04. The Morgan fingerprint density at radius 3 is 2.77 bits per heavy atom. The van der Waals surface area contributed by atoms with Crippen LogP contribution in [0, 0.1) is 10.1 Å². The summed E-state index contributed by atoms with van der Waals surface area (Å²) >= 11 is 1.52. The summed E-state index contributed by atoms with van der Waals surface area (Å²) in [5.74, 6) is 0.659. The van der Waals surface area contributed by atoms with Gasteiger partial charge in [-0.2, -0.15) is 0 Å². The Bertz CT molecular complexity index is 803. The predicted octanol–water partition coefficient (Wildman–Crippen LogP) is 2.75. The molecule has 1 atom stereocenters. The number of thiophene rings is 1. The molecule has 3 rings (SSSR count). The van der Waals surface area contributed by atoms with Crippen LogP contribution in [0.4, 0.5) is 11.5 Å². The van der Waals surface area contributed by atoms with Gasteiger partial charge in [-0.15, -0.1) is 11.3 Å². The lowest BCUT2D eigenvalue weighted by molar-refractivity contribution is -0.384. The van der Waals surface area contributed by atoms with Crippen molar-refractivity contribution in [2.45, 2.75) is 6.10 Å². The normalized spacial score (nSPS) is 12.2. The zero-order valence-corrected chi connectivity index (χ0v) is 12.2. The molecule has 0 aliphatic rings. The summed E-state index contributed by atoms with van der Waals surface area (Å²) in [7, 11) is 0. The van der Waals surface area contributed by atoms with Crippen molar-refractivity contribution in [2.75, 3.05) is 11.9 Å². The van der Waals surface area contributed by atoms with Gasteiger partial charge in [0.2, 0.25) is 0 Å². The molecule has 0 radical (unpaired) electrons. The van der Waals surface area contributed by atoms with Crippen molar-refractivity contribution in [3.8, 4) is 0 Å². The lowest BCUT2D eigenvalue weighted by atomic mass is 10.1. The van der Waals surface area contributed by atoms with Crippen LogP contribution in [0.2, 0.25) is 0 Å². The topological polar surface area (TPSA) is 101 Å². The number of aliphatic hydroxyl groups excluding tert-OH is 1. The highest BCUT2D eigenvalue weighted by Crippen LogP contribution is 2.24.